The number of likely N-dealkylation sites (tertiary alicyclic amines) is 1. The summed E-state index contributed by atoms with van der Waals surface area (Å²) in [4.78, 5) is 24.7. The van der Waals surface area contributed by atoms with E-state index in [2.05, 4.69) is 6.92 Å². The molecule has 1 heterocycles. The van der Waals surface area contributed by atoms with Crippen LogP contribution < -0.4 is 0 Å². The van der Waals surface area contributed by atoms with E-state index in [0.29, 0.717) is 0 Å². The molecule has 1 unspecified atom stereocenters. The fraction of sp³-hybridized carbons (Fsp3) is 0.875. The average molecular weight is 299 g/mol. The number of carboxylic acid groups (broad SMARTS) is 1. The van der Waals surface area contributed by atoms with E-state index < -0.39 is 11.6 Å². The van der Waals surface area contributed by atoms with Gasteiger partial charge in [0.2, 0.25) is 11.6 Å². The SMILES string of the molecule is CCCCC1CCC(C(=O)N2CCC(F)(C(=O)O)C2)CC1. The van der Waals surface area contributed by atoms with Gasteiger partial charge < -0.3 is 10.0 Å². The van der Waals surface area contributed by atoms with Crippen molar-refractivity contribution in [2.75, 3.05) is 13.1 Å². The lowest BCUT2D eigenvalue weighted by molar-refractivity contribution is -0.150. The predicted molar refractivity (Wildman–Crippen MR) is 77.6 cm³/mol. The van der Waals surface area contributed by atoms with Gasteiger partial charge in [-0.2, -0.15) is 0 Å². The van der Waals surface area contributed by atoms with Crippen LogP contribution in [-0.4, -0.2) is 40.6 Å². The van der Waals surface area contributed by atoms with Crippen LogP contribution in [-0.2, 0) is 9.59 Å². The van der Waals surface area contributed by atoms with Gasteiger partial charge in [0.1, 0.15) is 0 Å². The number of amides is 1. The maximum absolute atomic E-state index is 14.0. The summed E-state index contributed by atoms with van der Waals surface area (Å²) in [7, 11) is 0. The van der Waals surface area contributed by atoms with Crippen molar-refractivity contribution in [1.29, 1.82) is 0 Å². The van der Waals surface area contributed by atoms with E-state index in [1.807, 2.05) is 0 Å². The van der Waals surface area contributed by atoms with E-state index in [-0.39, 0.29) is 31.3 Å². The molecule has 1 saturated carbocycles. The van der Waals surface area contributed by atoms with Crippen molar-refractivity contribution in [2.45, 2.75) is 64.0 Å². The minimum Gasteiger partial charge on any atom is -0.479 e. The molecule has 2 rings (SSSR count). The van der Waals surface area contributed by atoms with Crippen LogP contribution in [0.5, 0.6) is 0 Å². The molecule has 4 nitrogen and oxygen atoms in total. The van der Waals surface area contributed by atoms with Gasteiger partial charge in [-0.3, -0.25) is 4.79 Å². The lowest BCUT2D eigenvalue weighted by atomic mass is 9.79. The van der Waals surface area contributed by atoms with Crippen molar-refractivity contribution in [1.82, 2.24) is 4.90 Å². The molecule has 1 saturated heterocycles. The van der Waals surface area contributed by atoms with Crippen LogP contribution in [0.25, 0.3) is 0 Å². The molecule has 1 amide bonds. The molecule has 21 heavy (non-hydrogen) atoms. The molecule has 5 heteroatoms. The van der Waals surface area contributed by atoms with E-state index in [4.69, 9.17) is 5.11 Å². The molecule has 0 bridgehead atoms. The Morgan fingerprint density at radius 3 is 2.48 bits per heavy atom. The van der Waals surface area contributed by atoms with Gasteiger partial charge in [0.25, 0.3) is 0 Å². The second kappa shape index (κ2) is 6.75. The lowest BCUT2D eigenvalue weighted by Gasteiger charge is -2.30. The summed E-state index contributed by atoms with van der Waals surface area (Å²) in [6, 6.07) is 0. The molecule has 2 aliphatic rings. The topological polar surface area (TPSA) is 57.6 Å². The minimum atomic E-state index is -2.24. The molecule has 0 radical (unpaired) electrons. The highest BCUT2D eigenvalue weighted by Crippen LogP contribution is 2.35. The Labute approximate surface area is 125 Å². The van der Waals surface area contributed by atoms with E-state index in [1.165, 1.54) is 24.2 Å². The molecule has 0 spiro atoms. The molecular weight excluding hydrogens is 273 g/mol. The van der Waals surface area contributed by atoms with Crippen LogP contribution >= 0.6 is 0 Å². The van der Waals surface area contributed by atoms with Crippen LogP contribution in [0.2, 0.25) is 0 Å². The molecule has 0 aromatic heterocycles. The number of aliphatic carboxylic acids is 1. The first-order valence-electron chi connectivity index (χ1n) is 8.17. The highest BCUT2D eigenvalue weighted by atomic mass is 19.1. The largest absolute Gasteiger partial charge is 0.479 e. The van der Waals surface area contributed by atoms with Gasteiger partial charge in [-0.1, -0.05) is 26.2 Å². The Morgan fingerprint density at radius 1 is 1.29 bits per heavy atom. The van der Waals surface area contributed by atoms with Gasteiger partial charge in [-0.15, -0.1) is 0 Å². The molecular formula is C16H26FNO3. The second-order valence-corrected chi connectivity index (χ2v) is 6.64. The van der Waals surface area contributed by atoms with E-state index in [9.17, 15) is 14.0 Å². The van der Waals surface area contributed by atoms with Gasteiger partial charge in [0.05, 0.1) is 6.54 Å². The van der Waals surface area contributed by atoms with Crippen LogP contribution in [0.1, 0.15) is 58.3 Å². The molecule has 0 aromatic rings. The number of rotatable bonds is 5. The third kappa shape index (κ3) is 3.74. The zero-order valence-corrected chi connectivity index (χ0v) is 12.8. The standard InChI is InChI=1S/C16H26FNO3/c1-2-3-4-12-5-7-13(8-6-12)14(19)18-10-9-16(17,11-18)15(20)21/h12-13H,2-11H2,1H3,(H,20,21). The van der Waals surface area contributed by atoms with Crippen molar-refractivity contribution in [2.24, 2.45) is 11.8 Å². The quantitative estimate of drug-likeness (QED) is 0.849. The zero-order valence-electron chi connectivity index (χ0n) is 12.8. The summed E-state index contributed by atoms with van der Waals surface area (Å²) >= 11 is 0. The van der Waals surface area contributed by atoms with Crippen molar-refractivity contribution < 1.29 is 19.1 Å². The number of alkyl halides is 1. The predicted octanol–water partition coefficient (Wildman–Crippen LogP) is 3.01. The normalized spacial score (nSPS) is 33.1. The van der Waals surface area contributed by atoms with Crippen molar-refractivity contribution in [3.8, 4) is 0 Å². The average Bonchev–Trinajstić information content (AvgIpc) is 2.89. The number of carbonyl (C=O) groups excluding carboxylic acids is 1. The number of carbonyl (C=O) groups is 2. The van der Waals surface area contributed by atoms with Crippen LogP contribution in [0.4, 0.5) is 4.39 Å². The third-order valence-corrected chi connectivity index (χ3v) is 5.08. The van der Waals surface area contributed by atoms with Gasteiger partial charge in [0, 0.05) is 18.9 Å². The van der Waals surface area contributed by atoms with Crippen LogP contribution in [0, 0.1) is 11.8 Å². The molecule has 1 aliphatic carbocycles. The van der Waals surface area contributed by atoms with E-state index in [1.54, 1.807) is 0 Å². The Kier molecular flexibility index (Phi) is 5.22. The summed E-state index contributed by atoms with van der Waals surface area (Å²) in [5.74, 6) is -0.781. The highest BCUT2D eigenvalue weighted by Gasteiger charge is 2.47. The summed E-state index contributed by atoms with van der Waals surface area (Å²) in [6.07, 6.45) is 7.51. The third-order valence-electron chi connectivity index (χ3n) is 5.08. The molecule has 2 fully saturated rings. The number of hydrogen-bond donors (Lipinski definition) is 1. The van der Waals surface area contributed by atoms with Gasteiger partial charge in [-0.05, 0) is 31.6 Å². The highest BCUT2D eigenvalue weighted by molar-refractivity contribution is 5.83. The first-order valence-corrected chi connectivity index (χ1v) is 8.17. The Morgan fingerprint density at radius 2 is 1.95 bits per heavy atom. The summed E-state index contributed by atoms with van der Waals surface area (Å²) in [5.41, 5.74) is -2.24. The van der Waals surface area contributed by atoms with Gasteiger partial charge >= 0.3 is 5.97 Å². The number of nitrogens with zero attached hydrogens (tertiary/aromatic N) is 1. The maximum Gasteiger partial charge on any atom is 0.343 e. The number of carboxylic acids is 1. The van der Waals surface area contributed by atoms with E-state index >= 15 is 0 Å². The smallest absolute Gasteiger partial charge is 0.343 e. The molecule has 0 aromatic carbocycles. The molecule has 1 N–H and O–H groups in total. The van der Waals surface area contributed by atoms with Crippen molar-refractivity contribution in [3.05, 3.63) is 0 Å². The first kappa shape index (κ1) is 16.2. The number of hydrogen-bond acceptors (Lipinski definition) is 2. The van der Waals surface area contributed by atoms with Crippen molar-refractivity contribution in [3.63, 3.8) is 0 Å². The fourth-order valence-corrected chi connectivity index (χ4v) is 3.58. The van der Waals surface area contributed by atoms with Gasteiger partial charge in [-0.25, -0.2) is 9.18 Å². The Bertz CT molecular complexity index is 393. The number of unbranched alkanes of at least 4 members (excludes halogenated alkanes) is 1. The van der Waals surface area contributed by atoms with Crippen molar-refractivity contribution >= 4 is 11.9 Å². The van der Waals surface area contributed by atoms with Gasteiger partial charge in [0.15, 0.2) is 0 Å². The Balaban J connectivity index is 1.82. The summed E-state index contributed by atoms with van der Waals surface area (Å²) in [6.45, 7) is 2.14. The summed E-state index contributed by atoms with van der Waals surface area (Å²) < 4.78 is 14.0. The Hall–Kier alpha value is -1.13. The zero-order chi connectivity index (χ0) is 15.5. The molecule has 1 aliphatic heterocycles. The van der Waals surface area contributed by atoms with Crippen LogP contribution in [0.3, 0.4) is 0 Å². The monoisotopic (exact) mass is 299 g/mol. The molecule has 1 atom stereocenters. The molecule has 120 valence electrons. The second-order valence-electron chi connectivity index (χ2n) is 6.64. The van der Waals surface area contributed by atoms with Crippen LogP contribution in [0.15, 0.2) is 0 Å². The maximum atomic E-state index is 14.0. The first-order chi connectivity index (χ1) is 9.96. The lowest BCUT2D eigenvalue weighted by Crippen LogP contribution is -2.41. The fourth-order valence-electron chi connectivity index (χ4n) is 3.58. The minimum absolute atomic E-state index is 0.0287. The number of halogens is 1. The van der Waals surface area contributed by atoms with E-state index in [0.717, 1.165) is 31.6 Å². The summed E-state index contributed by atoms with van der Waals surface area (Å²) in [5, 5.41) is 8.89.